The van der Waals surface area contributed by atoms with E-state index >= 15 is 0 Å². The third kappa shape index (κ3) is 6.97. The molecule has 5 aromatic rings. The van der Waals surface area contributed by atoms with E-state index < -0.39 is 12.2 Å². The van der Waals surface area contributed by atoms with E-state index in [1.54, 1.807) is 0 Å². The molecule has 3 heterocycles. The van der Waals surface area contributed by atoms with E-state index in [2.05, 4.69) is 49.6 Å². The maximum Gasteiger partial charge on any atom is 0.404 e. The van der Waals surface area contributed by atoms with E-state index in [9.17, 15) is 9.59 Å². The van der Waals surface area contributed by atoms with Crippen molar-refractivity contribution >= 4 is 45.4 Å². The number of carbonyl (C=O) groups is 2. The van der Waals surface area contributed by atoms with Gasteiger partial charge in [0, 0.05) is 52.0 Å². The molecular formula is C33H39N7O3. The Morgan fingerprint density at radius 2 is 1.72 bits per heavy atom. The van der Waals surface area contributed by atoms with Crippen molar-refractivity contribution in [3.63, 3.8) is 0 Å². The summed E-state index contributed by atoms with van der Waals surface area (Å²) in [6.07, 6.45) is 4.25. The Hall–Kier alpha value is -4.86. The Morgan fingerprint density at radius 3 is 2.44 bits per heavy atom. The van der Waals surface area contributed by atoms with E-state index in [1.165, 1.54) is 6.33 Å². The van der Waals surface area contributed by atoms with Gasteiger partial charge in [0.2, 0.25) is 0 Å². The minimum atomic E-state index is -0.801. The number of nitrogens with two attached hydrogens (primary N) is 1. The lowest BCUT2D eigenvalue weighted by molar-refractivity contribution is 0.0264. The first-order chi connectivity index (χ1) is 20.3. The molecule has 0 bridgehead atoms. The highest BCUT2D eigenvalue weighted by molar-refractivity contribution is 5.95. The fourth-order valence-corrected chi connectivity index (χ4v) is 5.06. The average molecular weight is 582 g/mol. The van der Waals surface area contributed by atoms with E-state index in [0.717, 1.165) is 33.2 Å². The number of rotatable bonds is 8. The predicted octanol–water partition coefficient (Wildman–Crippen LogP) is 6.22. The van der Waals surface area contributed by atoms with Crippen LogP contribution in [0.5, 0.6) is 0 Å². The molecule has 2 amide bonds. The summed E-state index contributed by atoms with van der Waals surface area (Å²) in [6, 6.07) is 17.9. The van der Waals surface area contributed by atoms with Gasteiger partial charge >= 0.3 is 6.09 Å². The van der Waals surface area contributed by atoms with Crippen LogP contribution in [0.15, 0.2) is 73.3 Å². The Balaban J connectivity index is 1.38. The average Bonchev–Trinajstić information content (AvgIpc) is 3.51. The zero-order valence-corrected chi connectivity index (χ0v) is 25.5. The standard InChI is InChI=1S/C33H39N7O3/c1-32(2,3)27(43-31(34)42)19-40-15-13-25-28(40)29(36-20-35-25)37-24-10-11-26-22(17-24)12-14-39(26)18-21-8-7-9-23(16-21)30(41)38-33(4,5)6/h7-17,20,27H,18-19H2,1-6H3,(H2,34,42)(H,38,41)(H,35,36,37). The van der Waals surface area contributed by atoms with Crippen LogP contribution in [0.25, 0.3) is 21.9 Å². The van der Waals surface area contributed by atoms with Gasteiger partial charge in [-0.3, -0.25) is 4.79 Å². The molecule has 0 radical (unpaired) electrons. The van der Waals surface area contributed by atoms with Gasteiger partial charge in [0.25, 0.3) is 5.91 Å². The number of hydrogen-bond acceptors (Lipinski definition) is 6. The molecule has 0 spiro atoms. The molecule has 10 heteroatoms. The lowest BCUT2D eigenvalue weighted by Crippen LogP contribution is -2.40. The molecule has 43 heavy (non-hydrogen) atoms. The van der Waals surface area contributed by atoms with Crippen molar-refractivity contribution in [1.29, 1.82) is 0 Å². The second-order valence-corrected chi connectivity index (χ2v) is 13.0. The number of nitrogens with one attached hydrogen (secondary N) is 2. The SMILES string of the molecule is CC(C)(C)NC(=O)c1cccc(Cn2ccc3cc(Nc4ncnc5ccn(CC(OC(N)=O)C(C)(C)C)c45)ccc32)c1. The topological polar surface area (TPSA) is 129 Å². The van der Waals surface area contributed by atoms with Crippen molar-refractivity contribution in [2.45, 2.75) is 66.3 Å². The zero-order chi connectivity index (χ0) is 30.9. The summed E-state index contributed by atoms with van der Waals surface area (Å²) in [5.41, 5.74) is 9.95. The van der Waals surface area contributed by atoms with Gasteiger partial charge < -0.3 is 30.2 Å². The molecule has 0 aliphatic heterocycles. The van der Waals surface area contributed by atoms with E-state index in [4.69, 9.17) is 10.5 Å². The van der Waals surface area contributed by atoms with Crippen molar-refractivity contribution in [2.24, 2.45) is 11.1 Å². The number of primary amides is 1. The first-order valence-electron chi connectivity index (χ1n) is 14.3. The first-order valence-corrected chi connectivity index (χ1v) is 14.3. The number of ether oxygens (including phenoxy) is 1. The summed E-state index contributed by atoms with van der Waals surface area (Å²) in [5.74, 6) is 0.563. The molecule has 1 unspecified atom stereocenters. The summed E-state index contributed by atoms with van der Waals surface area (Å²) in [7, 11) is 0. The van der Waals surface area contributed by atoms with Crippen molar-refractivity contribution in [3.8, 4) is 0 Å². The van der Waals surface area contributed by atoms with Gasteiger partial charge in [-0.05, 0) is 68.8 Å². The van der Waals surface area contributed by atoms with Crippen molar-refractivity contribution in [1.82, 2.24) is 24.4 Å². The minimum absolute atomic E-state index is 0.0817. The molecule has 1 atom stereocenters. The normalized spacial score (nSPS) is 12.8. The number of aromatic nitrogens is 4. The monoisotopic (exact) mass is 581 g/mol. The van der Waals surface area contributed by atoms with Gasteiger partial charge in [-0.2, -0.15) is 0 Å². The number of nitrogens with zero attached hydrogens (tertiary/aromatic N) is 4. The lowest BCUT2D eigenvalue weighted by Gasteiger charge is -2.30. The summed E-state index contributed by atoms with van der Waals surface area (Å²) in [4.78, 5) is 33.2. The molecule has 3 aromatic heterocycles. The van der Waals surface area contributed by atoms with E-state index in [1.807, 2.05) is 88.7 Å². The smallest absolute Gasteiger partial charge is 0.404 e. The van der Waals surface area contributed by atoms with Gasteiger partial charge in [0.05, 0.1) is 12.1 Å². The van der Waals surface area contributed by atoms with Gasteiger partial charge in [0.1, 0.15) is 17.9 Å². The molecule has 0 fully saturated rings. The third-order valence-electron chi connectivity index (χ3n) is 7.20. The molecule has 0 saturated carbocycles. The summed E-state index contributed by atoms with van der Waals surface area (Å²) in [5, 5.41) is 7.55. The van der Waals surface area contributed by atoms with Crippen LogP contribution in [0.3, 0.4) is 0 Å². The van der Waals surface area contributed by atoms with E-state index in [0.29, 0.717) is 24.5 Å². The molecule has 0 saturated heterocycles. The highest BCUT2D eigenvalue weighted by atomic mass is 16.6. The molecule has 4 N–H and O–H groups in total. The molecule has 10 nitrogen and oxygen atoms in total. The largest absolute Gasteiger partial charge is 0.444 e. The van der Waals surface area contributed by atoms with Gasteiger partial charge in [0.15, 0.2) is 5.82 Å². The molecule has 2 aromatic carbocycles. The minimum Gasteiger partial charge on any atom is -0.444 e. The van der Waals surface area contributed by atoms with Gasteiger partial charge in [-0.25, -0.2) is 14.8 Å². The number of hydrogen-bond donors (Lipinski definition) is 3. The first kappa shape index (κ1) is 29.6. The Morgan fingerprint density at radius 1 is 0.953 bits per heavy atom. The van der Waals surface area contributed by atoms with Crippen LogP contribution in [0.1, 0.15) is 57.5 Å². The fourth-order valence-electron chi connectivity index (χ4n) is 5.06. The van der Waals surface area contributed by atoms with Crippen molar-refractivity contribution in [2.75, 3.05) is 5.32 Å². The van der Waals surface area contributed by atoms with Crippen LogP contribution in [-0.2, 0) is 17.8 Å². The highest BCUT2D eigenvalue weighted by Crippen LogP contribution is 2.30. The number of anilines is 2. The highest BCUT2D eigenvalue weighted by Gasteiger charge is 2.29. The number of fused-ring (bicyclic) bond motifs is 2. The van der Waals surface area contributed by atoms with E-state index in [-0.39, 0.29) is 16.9 Å². The predicted molar refractivity (Wildman–Crippen MR) is 169 cm³/mol. The molecule has 0 aliphatic rings. The Bertz CT molecular complexity index is 1790. The van der Waals surface area contributed by atoms with Crippen LogP contribution in [0.4, 0.5) is 16.3 Å². The lowest BCUT2D eigenvalue weighted by atomic mass is 9.89. The van der Waals surface area contributed by atoms with Crippen LogP contribution in [0, 0.1) is 5.41 Å². The van der Waals surface area contributed by atoms with Gasteiger partial charge in [-0.15, -0.1) is 0 Å². The number of benzene rings is 2. The quantitative estimate of drug-likeness (QED) is 0.200. The van der Waals surface area contributed by atoms with Crippen molar-refractivity contribution < 1.29 is 14.3 Å². The van der Waals surface area contributed by atoms with Crippen molar-refractivity contribution in [3.05, 3.63) is 84.4 Å². The molecule has 224 valence electrons. The summed E-state index contributed by atoms with van der Waals surface area (Å²) < 4.78 is 9.61. The Labute approximate surface area is 251 Å². The maximum atomic E-state index is 12.7. The van der Waals surface area contributed by atoms with Crippen LogP contribution < -0.4 is 16.4 Å². The second-order valence-electron chi connectivity index (χ2n) is 13.0. The fraction of sp³-hybridized carbons (Fsp3) is 0.333. The van der Waals surface area contributed by atoms with Gasteiger partial charge in [-0.1, -0.05) is 32.9 Å². The number of amides is 2. The maximum absolute atomic E-state index is 12.7. The molecule has 5 rings (SSSR count). The Kier molecular flexibility index (Phi) is 7.88. The summed E-state index contributed by atoms with van der Waals surface area (Å²) >= 11 is 0. The van der Waals surface area contributed by atoms with Crippen LogP contribution >= 0.6 is 0 Å². The number of carbonyl (C=O) groups excluding carboxylic acids is 2. The molecular weight excluding hydrogens is 542 g/mol. The van der Waals surface area contributed by atoms with Crippen LogP contribution in [-0.4, -0.2) is 42.7 Å². The third-order valence-corrected chi connectivity index (χ3v) is 7.20. The van der Waals surface area contributed by atoms with Crippen LogP contribution in [0.2, 0.25) is 0 Å². The molecule has 0 aliphatic carbocycles. The second kappa shape index (κ2) is 11.4. The summed E-state index contributed by atoms with van der Waals surface area (Å²) in [6.45, 7) is 13.0. The zero-order valence-electron chi connectivity index (χ0n) is 25.5.